The van der Waals surface area contributed by atoms with Crippen LogP contribution in [0.1, 0.15) is 27.2 Å². The molecule has 0 spiro atoms. The largest absolute Gasteiger partial charge is 0.416 e. The highest BCUT2D eigenvalue weighted by Gasteiger charge is 2.35. The van der Waals surface area contributed by atoms with Crippen molar-refractivity contribution < 1.29 is 22.9 Å². The third-order valence-corrected chi connectivity index (χ3v) is 3.99. The molecular weight excluding hydrogens is 357 g/mol. The first-order valence-electron chi connectivity index (χ1n) is 7.39. The van der Waals surface area contributed by atoms with Gasteiger partial charge in [-0.2, -0.15) is 18.3 Å². The first-order valence-corrected chi connectivity index (χ1v) is 7.39. The summed E-state index contributed by atoms with van der Waals surface area (Å²) in [5, 5.41) is 17.2. The minimum Gasteiger partial charge on any atom is -0.334 e. The average molecular weight is 368 g/mol. The van der Waals surface area contributed by atoms with E-state index in [1.165, 1.54) is 6.07 Å². The monoisotopic (exact) mass is 368 g/mol. The molecule has 1 aliphatic heterocycles. The molecule has 11 heteroatoms. The van der Waals surface area contributed by atoms with Gasteiger partial charge in [-0.25, -0.2) is 5.10 Å². The molecule has 0 saturated carbocycles. The lowest BCUT2D eigenvalue weighted by molar-refractivity contribution is -0.385. The standard InChI is InChI=1S/C15H11F3N4O4/c16-15(17,18)9-1-2-12(22(25)26)10(6-9)14(24)21-4-3-11-8(7-21)5-13(23)20-19-11/h1-2,5-6H,3-4,7H2,(H,20,23). The van der Waals surface area contributed by atoms with Gasteiger partial charge in [0.2, 0.25) is 0 Å². The van der Waals surface area contributed by atoms with E-state index in [1.807, 2.05) is 0 Å². The van der Waals surface area contributed by atoms with E-state index in [-0.39, 0.29) is 19.5 Å². The SMILES string of the molecule is O=C(c1cc(C(F)(F)F)ccc1[N+](=O)[O-])N1CCc2n[nH]c(=O)cc2C1. The van der Waals surface area contributed by atoms with E-state index in [0.29, 0.717) is 29.5 Å². The summed E-state index contributed by atoms with van der Waals surface area (Å²) in [4.78, 5) is 35.4. The molecule has 0 unspecified atom stereocenters. The fourth-order valence-corrected chi connectivity index (χ4v) is 2.73. The summed E-state index contributed by atoms with van der Waals surface area (Å²) in [5.74, 6) is -0.909. The number of rotatable bonds is 2. The minimum atomic E-state index is -4.74. The molecule has 1 N–H and O–H groups in total. The van der Waals surface area contributed by atoms with Gasteiger partial charge in [0.1, 0.15) is 5.56 Å². The van der Waals surface area contributed by atoms with Crippen LogP contribution in [0.25, 0.3) is 0 Å². The summed E-state index contributed by atoms with van der Waals surface area (Å²) < 4.78 is 38.7. The van der Waals surface area contributed by atoms with Gasteiger partial charge in [-0.05, 0) is 12.1 Å². The summed E-state index contributed by atoms with van der Waals surface area (Å²) in [6.45, 7) is 0.0385. The summed E-state index contributed by atoms with van der Waals surface area (Å²) in [5.41, 5.74) is -1.98. The highest BCUT2D eigenvalue weighted by atomic mass is 19.4. The Kier molecular flexibility index (Phi) is 4.22. The van der Waals surface area contributed by atoms with Crippen molar-refractivity contribution in [2.45, 2.75) is 19.1 Å². The molecule has 8 nitrogen and oxygen atoms in total. The molecule has 2 heterocycles. The number of amides is 1. The zero-order valence-electron chi connectivity index (χ0n) is 13.0. The van der Waals surface area contributed by atoms with Gasteiger partial charge in [-0.15, -0.1) is 0 Å². The molecule has 0 aliphatic carbocycles. The molecule has 1 aromatic carbocycles. The third kappa shape index (κ3) is 3.27. The van der Waals surface area contributed by atoms with Gasteiger partial charge < -0.3 is 4.90 Å². The van der Waals surface area contributed by atoms with Crippen LogP contribution in [0.3, 0.4) is 0 Å². The van der Waals surface area contributed by atoms with Crippen LogP contribution in [0.15, 0.2) is 29.1 Å². The van der Waals surface area contributed by atoms with Gasteiger partial charge in [0.25, 0.3) is 17.2 Å². The van der Waals surface area contributed by atoms with Gasteiger partial charge >= 0.3 is 6.18 Å². The summed E-state index contributed by atoms with van der Waals surface area (Å²) in [6.07, 6.45) is -4.47. The number of nitro benzene ring substituents is 1. The Balaban J connectivity index is 1.99. The third-order valence-electron chi connectivity index (χ3n) is 3.99. The van der Waals surface area contributed by atoms with Crippen molar-refractivity contribution in [2.75, 3.05) is 6.54 Å². The summed E-state index contributed by atoms with van der Waals surface area (Å²) in [7, 11) is 0. The lowest BCUT2D eigenvalue weighted by atomic mass is 10.0. The minimum absolute atomic E-state index is 0.0709. The molecule has 0 atom stereocenters. The summed E-state index contributed by atoms with van der Waals surface area (Å²) in [6, 6.07) is 2.94. The first-order chi connectivity index (χ1) is 12.2. The average Bonchev–Trinajstić information content (AvgIpc) is 2.59. The van der Waals surface area contributed by atoms with Crippen LogP contribution in [0.5, 0.6) is 0 Å². The highest BCUT2D eigenvalue weighted by molar-refractivity contribution is 5.98. The Morgan fingerprint density at radius 3 is 2.69 bits per heavy atom. The number of nitro groups is 1. The molecule has 0 bridgehead atoms. The van der Waals surface area contributed by atoms with Crippen LogP contribution in [0, 0.1) is 10.1 Å². The number of H-pyrrole nitrogens is 1. The fourth-order valence-electron chi connectivity index (χ4n) is 2.73. The second-order valence-corrected chi connectivity index (χ2v) is 5.67. The maximum absolute atomic E-state index is 12.9. The van der Waals surface area contributed by atoms with Crippen LogP contribution >= 0.6 is 0 Å². The van der Waals surface area contributed by atoms with E-state index >= 15 is 0 Å². The molecule has 1 aromatic heterocycles. The fraction of sp³-hybridized carbons (Fsp3) is 0.267. The van der Waals surface area contributed by atoms with Crippen LogP contribution < -0.4 is 5.56 Å². The molecule has 0 radical (unpaired) electrons. The molecule has 0 saturated heterocycles. The predicted molar refractivity (Wildman–Crippen MR) is 81.4 cm³/mol. The number of carbonyl (C=O) groups is 1. The van der Waals surface area contributed by atoms with Crippen molar-refractivity contribution in [3.63, 3.8) is 0 Å². The smallest absolute Gasteiger partial charge is 0.334 e. The lowest BCUT2D eigenvalue weighted by Crippen LogP contribution is -2.37. The normalized spacial score (nSPS) is 14.0. The number of nitrogens with one attached hydrogen (secondary N) is 1. The van der Waals surface area contributed by atoms with Gasteiger partial charge in [-0.1, -0.05) is 0 Å². The zero-order valence-corrected chi connectivity index (χ0v) is 13.0. The van der Waals surface area contributed by atoms with Crippen molar-refractivity contribution in [2.24, 2.45) is 0 Å². The van der Waals surface area contributed by atoms with Crippen molar-refractivity contribution in [3.8, 4) is 0 Å². The van der Waals surface area contributed by atoms with Gasteiger partial charge in [-0.3, -0.25) is 19.7 Å². The van der Waals surface area contributed by atoms with Crippen LogP contribution in [-0.2, 0) is 19.1 Å². The molecule has 136 valence electrons. The number of carbonyl (C=O) groups excluding carboxylic acids is 1. The Morgan fingerprint density at radius 2 is 2.04 bits per heavy atom. The van der Waals surface area contributed by atoms with Crippen molar-refractivity contribution >= 4 is 11.6 Å². The van der Waals surface area contributed by atoms with Gasteiger partial charge in [0.15, 0.2) is 0 Å². The number of benzene rings is 1. The van der Waals surface area contributed by atoms with E-state index in [9.17, 15) is 32.9 Å². The Bertz CT molecular complexity index is 955. The van der Waals surface area contributed by atoms with Gasteiger partial charge in [0.05, 0.1) is 16.2 Å². The van der Waals surface area contributed by atoms with E-state index in [0.717, 1.165) is 4.90 Å². The molecule has 1 aliphatic rings. The van der Waals surface area contributed by atoms with Crippen LogP contribution in [0.4, 0.5) is 18.9 Å². The van der Waals surface area contributed by atoms with Crippen molar-refractivity contribution in [1.82, 2.24) is 15.1 Å². The number of hydrogen-bond donors (Lipinski definition) is 1. The van der Waals surface area contributed by atoms with E-state index < -0.39 is 39.4 Å². The molecule has 3 rings (SSSR count). The number of aromatic amines is 1. The number of alkyl halides is 3. The molecule has 1 amide bonds. The quantitative estimate of drug-likeness (QED) is 0.643. The van der Waals surface area contributed by atoms with Crippen molar-refractivity contribution in [3.05, 3.63) is 67.1 Å². The number of hydrogen-bond acceptors (Lipinski definition) is 5. The predicted octanol–water partition coefficient (Wildman–Crippen LogP) is 1.90. The van der Waals surface area contributed by atoms with Crippen LogP contribution in [-0.4, -0.2) is 32.5 Å². The van der Waals surface area contributed by atoms with Gasteiger partial charge in [0, 0.05) is 37.2 Å². The highest BCUT2D eigenvalue weighted by Crippen LogP contribution is 2.33. The number of nitrogens with zero attached hydrogens (tertiary/aromatic N) is 3. The maximum Gasteiger partial charge on any atom is 0.416 e. The second kappa shape index (κ2) is 6.24. The van der Waals surface area contributed by atoms with E-state index in [2.05, 4.69) is 10.2 Å². The number of fused-ring (bicyclic) bond motifs is 1. The Labute approximate surface area is 143 Å². The first kappa shape index (κ1) is 17.6. The molecule has 0 fully saturated rings. The Morgan fingerprint density at radius 1 is 1.31 bits per heavy atom. The number of halogens is 3. The van der Waals surface area contributed by atoms with Crippen LogP contribution in [0.2, 0.25) is 0 Å². The van der Waals surface area contributed by atoms with Crippen molar-refractivity contribution in [1.29, 1.82) is 0 Å². The molecule has 26 heavy (non-hydrogen) atoms. The molecular formula is C15H11F3N4O4. The lowest BCUT2D eigenvalue weighted by Gasteiger charge is -2.27. The molecule has 2 aromatic rings. The Hall–Kier alpha value is -3.24. The van der Waals surface area contributed by atoms with E-state index in [4.69, 9.17) is 0 Å². The summed E-state index contributed by atoms with van der Waals surface area (Å²) >= 11 is 0. The second-order valence-electron chi connectivity index (χ2n) is 5.67. The number of aromatic nitrogens is 2. The topological polar surface area (TPSA) is 109 Å². The maximum atomic E-state index is 12.9. The zero-order chi connectivity index (χ0) is 19.1. The van der Waals surface area contributed by atoms with E-state index in [1.54, 1.807) is 0 Å².